The summed E-state index contributed by atoms with van der Waals surface area (Å²) in [6, 6.07) is 5.85. The minimum Gasteiger partial charge on any atom is -0.384 e. The zero-order valence-corrected chi connectivity index (χ0v) is 12.4. The second-order valence-electron chi connectivity index (χ2n) is 4.78. The van der Waals surface area contributed by atoms with Crippen LogP contribution in [-0.2, 0) is 0 Å². The molecule has 1 aliphatic heterocycles. The fraction of sp³-hybridized carbons (Fsp3) is 0.538. The van der Waals surface area contributed by atoms with Gasteiger partial charge >= 0.3 is 0 Å². The molecule has 0 radical (unpaired) electrons. The van der Waals surface area contributed by atoms with Crippen LogP contribution < -0.4 is 5.32 Å². The Morgan fingerprint density at radius 2 is 2.35 bits per heavy atom. The normalized spacial score (nSPS) is 21.5. The molecule has 0 aromatic heterocycles. The van der Waals surface area contributed by atoms with Gasteiger partial charge in [-0.25, -0.2) is 0 Å². The first-order chi connectivity index (χ1) is 8.15. The van der Waals surface area contributed by atoms with Gasteiger partial charge in [-0.1, -0.05) is 11.6 Å². The summed E-state index contributed by atoms with van der Waals surface area (Å²) in [4.78, 5) is 2.41. The van der Waals surface area contributed by atoms with Gasteiger partial charge in [0.25, 0.3) is 0 Å². The van der Waals surface area contributed by atoms with Crippen molar-refractivity contribution in [2.45, 2.75) is 12.8 Å². The van der Waals surface area contributed by atoms with Gasteiger partial charge < -0.3 is 10.2 Å². The van der Waals surface area contributed by atoms with Crippen LogP contribution in [0, 0.1) is 5.92 Å². The monoisotopic (exact) mass is 316 g/mol. The van der Waals surface area contributed by atoms with E-state index in [1.54, 1.807) is 0 Å². The number of nitrogens with one attached hydrogen (secondary N) is 1. The molecule has 0 amide bonds. The van der Waals surface area contributed by atoms with E-state index < -0.39 is 0 Å². The summed E-state index contributed by atoms with van der Waals surface area (Å²) in [5.41, 5.74) is 1.09. The van der Waals surface area contributed by atoms with Crippen LogP contribution in [0.3, 0.4) is 0 Å². The lowest BCUT2D eigenvalue weighted by atomic mass is 9.98. The Bertz CT molecular complexity index is 384. The SMILES string of the molecule is CN1CCCC(CNc2cc(Cl)ccc2Br)C1. The first-order valence-corrected chi connectivity index (χ1v) is 7.19. The van der Waals surface area contributed by atoms with E-state index >= 15 is 0 Å². The number of anilines is 1. The van der Waals surface area contributed by atoms with E-state index in [0.717, 1.165) is 27.6 Å². The standard InChI is InChI=1S/C13H18BrClN2/c1-17-6-2-3-10(9-17)8-16-13-7-11(15)4-5-12(13)14/h4-5,7,10,16H,2-3,6,8-9H2,1H3. The summed E-state index contributed by atoms with van der Waals surface area (Å²) in [7, 11) is 2.20. The van der Waals surface area contributed by atoms with Crippen LogP contribution in [0.4, 0.5) is 5.69 Å². The molecular formula is C13H18BrClN2. The molecule has 2 rings (SSSR count). The van der Waals surface area contributed by atoms with Gasteiger partial charge in [0.1, 0.15) is 0 Å². The quantitative estimate of drug-likeness (QED) is 0.911. The minimum atomic E-state index is 0.736. The van der Waals surface area contributed by atoms with Crippen LogP contribution in [-0.4, -0.2) is 31.6 Å². The van der Waals surface area contributed by atoms with Crippen molar-refractivity contribution in [1.82, 2.24) is 4.90 Å². The van der Waals surface area contributed by atoms with Crippen LogP contribution >= 0.6 is 27.5 Å². The van der Waals surface area contributed by atoms with E-state index in [1.165, 1.54) is 25.9 Å². The van der Waals surface area contributed by atoms with Crippen molar-refractivity contribution in [3.8, 4) is 0 Å². The number of benzene rings is 1. The molecule has 0 aliphatic carbocycles. The molecule has 4 heteroatoms. The maximum atomic E-state index is 5.99. The Labute approximate surface area is 116 Å². The molecule has 1 fully saturated rings. The van der Waals surface area contributed by atoms with Crippen molar-refractivity contribution < 1.29 is 0 Å². The molecule has 1 heterocycles. The molecular weight excluding hydrogens is 300 g/mol. The molecule has 0 saturated carbocycles. The third-order valence-electron chi connectivity index (χ3n) is 3.23. The maximum Gasteiger partial charge on any atom is 0.0499 e. The third-order valence-corrected chi connectivity index (χ3v) is 4.16. The molecule has 0 spiro atoms. The summed E-state index contributed by atoms with van der Waals surface area (Å²) in [5, 5.41) is 4.26. The van der Waals surface area contributed by atoms with Gasteiger partial charge in [-0.05, 0) is 66.5 Å². The van der Waals surface area contributed by atoms with E-state index in [4.69, 9.17) is 11.6 Å². The number of piperidine rings is 1. The van der Waals surface area contributed by atoms with Crippen molar-refractivity contribution in [3.05, 3.63) is 27.7 Å². The number of nitrogens with zero attached hydrogens (tertiary/aromatic N) is 1. The highest BCUT2D eigenvalue weighted by Crippen LogP contribution is 2.26. The fourth-order valence-corrected chi connectivity index (χ4v) is 2.89. The number of hydrogen-bond acceptors (Lipinski definition) is 2. The van der Waals surface area contributed by atoms with Crippen LogP contribution in [0.15, 0.2) is 22.7 Å². The first-order valence-electron chi connectivity index (χ1n) is 6.02. The second kappa shape index (κ2) is 6.07. The van der Waals surface area contributed by atoms with Crippen molar-refractivity contribution in [1.29, 1.82) is 0 Å². The van der Waals surface area contributed by atoms with Crippen LogP contribution in [0.5, 0.6) is 0 Å². The Kier molecular flexibility index (Phi) is 4.71. The average molecular weight is 318 g/mol. The van der Waals surface area contributed by atoms with E-state index in [2.05, 4.69) is 33.2 Å². The Hall–Kier alpha value is -0.250. The van der Waals surface area contributed by atoms with Crippen molar-refractivity contribution in [2.75, 3.05) is 32.0 Å². The maximum absolute atomic E-state index is 5.99. The van der Waals surface area contributed by atoms with Gasteiger partial charge in [0.2, 0.25) is 0 Å². The molecule has 17 heavy (non-hydrogen) atoms. The summed E-state index contributed by atoms with van der Waals surface area (Å²) >= 11 is 9.53. The van der Waals surface area contributed by atoms with E-state index in [1.807, 2.05) is 18.2 Å². The Morgan fingerprint density at radius 3 is 3.12 bits per heavy atom. The molecule has 1 atom stereocenters. The van der Waals surface area contributed by atoms with Gasteiger partial charge in [0.15, 0.2) is 0 Å². The molecule has 1 unspecified atom stereocenters. The zero-order valence-electron chi connectivity index (χ0n) is 10.0. The summed E-state index contributed by atoms with van der Waals surface area (Å²) in [6.45, 7) is 3.44. The topological polar surface area (TPSA) is 15.3 Å². The molecule has 1 aromatic carbocycles. The van der Waals surface area contributed by atoms with Crippen LogP contribution in [0.1, 0.15) is 12.8 Å². The van der Waals surface area contributed by atoms with Crippen LogP contribution in [0.25, 0.3) is 0 Å². The highest BCUT2D eigenvalue weighted by atomic mass is 79.9. The van der Waals surface area contributed by atoms with Gasteiger partial charge in [-0.3, -0.25) is 0 Å². The lowest BCUT2D eigenvalue weighted by Crippen LogP contribution is -2.35. The van der Waals surface area contributed by atoms with E-state index in [-0.39, 0.29) is 0 Å². The van der Waals surface area contributed by atoms with Gasteiger partial charge in [-0.2, -0.15) is 0 Å². The molecule has 1 saturated heterocycles. The smallest absolute Gasteiger partial charge is 0.0499 e. The zero-order chi connectivity index (χ0) is 12.3. The molecule has 1 aliphatic rings. The lowest BCUT2D eigenvalue weighted by Gasteiger charge is -2.30. The molecule has 2 nitrogen and oxygen atoms in total. The van der Waals surface area contributed by atoms with Crippen molar-refractivity contribution in [3.63, 3.8) is 0 Å². The number of hydrogen-bond donors (Lipinski definition) is 1. The Morgan fingerprint density at radius 1 is 1.53 bits per heavy atom. The van der Waals surface area contributed by atoms with Gasteiger partial charge in [-0.15, -0.1) is 0 Å². The molecule has 94 valence electrons. The number of rotatable bonds is 3. The second-order valence-corrected chi connectivity index (χ2v) is 6.07. The molecule has 1 aromatic rings. The Balaban J connectivity index is 1.90. The highest BCUT2D eigenvalue weighted by molar-refractivity contribution is 9.10. The van der Waals surface area contributed by atoms with Gasteiger partial charge in [0.05, 0.1) is 0 Å². The predicted molar refractivity (Wildman–Crippen MR) is 77.9 cm³/mol. The summed E-state index contributed by atoms with van der Waals surface area (Å²) in [5.74, 6) is 0.736. The molecule has 0 bridgehead atoms. The molecule has 1 N–H and O–H groups in total. The number of likely N-dealkylation sites (tertiary alicyclic amines) is 1. The average Bonchev–Trinajstić information content (AvgIpc) is 2.30. The van der Waals surface area contributed by atoms with Crippen molar-refractivity contribution in [2.24, 2.45) is 5.92 Å². The van der Waals surface area contributed by atoms with Crippen LogP contribution in [0.2, 0.25) is 5.02 Å². The van der Waals surface area contributed by atoms with E-state index in [9.17, 15) is 0 Å². The fourth-order valence-electron chi connectivity index (χ4n) is 2.33. The summed E-state index contributed by atoms with van der Waals surface area (Å²) < 4.78 is 1.08. The minimum absolute atomic E-state index is 0.736. The predicted octanol–water partition coefficient (Wildman–Crippen LogP) is 3.86. The summed E-state index contributed by atoms with van der Waals surface area (Å²) in [6.07, 6.45) is 2.62. The highest BCUT2D eigenvalue weighted by Gasteiger charge is 2.16. The number of halogens is 2. The first kappa shape index (κ1) is 13.2. The van der Waals surface area contributed by atoms with Gasteiger partial charge in [0, 0.05) is 28.3 Å². The van der Waals surface area contributed by atoms with Crippen molar-refractivity contribution >= 4 is 33.2 Å². The van der Waals surface area contributed by atoms with E-state index in [0.29, 0.717) is 0 Å². The lowest BCUT2D eigenvalue weighted by molar-refractivity contribution is 0.217. The third kappa shape index (κ3) is 3.87. The largest absolute Gasteiger partial charge is 0.384 e.